The van der Waals surface area contributed by atoms with E-state index in [4.69, 9.17) is 4.74 Å². The number of amides is 2. The Morgan fingerprint density at radius 2 is 1.97 bits per heavy atom. The third-order valence-electron chi connectivity index (χ3n) is 5.10. The molecule has 2 fully saturated rings. The average Bonchev–Trinajstić information content (AvgIpc) is 3.46. The Morgan fingerprint density at radius 1 is 1.30 bits per heavy atom. The van der Waals surface area contributed by atoms with Crippen LogP contribution in [0, 0.1) is 11.3 Å². The summed E-state index contributed by atoms with van der Waals surface area (Å²) in [5, 5.41) is 5.30. The first-order valence-electron chi connectivity index (χ1n) is 10.3. The zero-order valence-electron chi connectivity index (χ0n) is 17.9. The SMILES string of the molecule is CNC(=O)[C@H](CC(C)(C)C)NC(=O)c1ccc(N2CC(F)(F)C2)c(OCC2CC2)n1. The predicted molar refractivity (Wildman–Crippen MR) is 109 cm³/mol. The molecule has 2 N–H and O–H groups in total. The number of hydrogen-bond donors (Lipinski definition) is 2. The van der Waals surface area contributed by atoms with Crippen molar-refractivity contribution in [2.45, 2.75) is 52.0 Å². The van der Waals surface area contributed by atoms with Gasteiger partial charge in [-0.1, -0.05) is 20.8 Å². The molecule has 7 nitrogen and oxygen atoms in total. The van der Waals surface area contributed by atoms with Gasteiger partial charge >= 0.3 is 0 Å². The van der Waals surface area contributed by atoms with Gasteiger partial charge in [-0.15, -0.1) is 0 Å². The summed E-state index contributed by atoms with van der Waals surface area (Å²) in [4.78, 5) is 30.8. The second kappa shape index (κ2) is 8.35. The number of aromatic nitrogens is 1. The molecule has 1 aliphatic carbocycles. The summed E-state index contributed by atoms with van der Waals surface area (Å²) in [5.74, 6) is -2.90. The van der Waals surface area contributed by atoms with Crippen molar-refractivity contribution in [1.29, 1.82) is 0 Å². The van der Waals surface area contributed by atoms with Gasteiger partial charge in [0.15, 0.2) is 0 Å². The van der Waals surface area contributed by atoms with Crippen LogP contribution in [0.1, 0.15) is 50.5 Å². The Morgan fingerprint density at radius 3 is 2.50 bits per heavy atom. The molecule has 1 aliphatic heterocycles. The number of nitrogens with zero attached hydrogens (tertiary/aromatic N) is 2. The van der Waals surface area contributed by atoms with Crippen molar-refractivity contribution >= 4 is 17.5 Å². The van der Waals surface area contributed by atoms with Gasteiger partial charge in [0.25, 0.3) is 11.8 Å². The smallest absolute Gasteiger partial charge is 0.282 e. The standard InChI is InChI=1S/C21H30F2N4O3/c1-20(2,3)9-15(17(28)24-4)25-18(29)14-7-8-16(27-11-21(22,23)12-27)19(26-14)30-10-13-5-6-13/h7-8,13,15H,5-6,9-12H2,1-4H3,(H,24,28)(H,25,29)/t15-/m0/s1. The summed E-state index contributed by atoms with van der Waals surface area (Å²) in [6.45, 7) is 5.59. The molecule has 1 atom stereocenters. The molecule has 0 radical (unpaired) electrons. The number of ether oxygens (including phenoxy) is 1. The van der Waals surface area contributed by atoms with Crippen molar-refractivity contribution in [2.75, 3.05) is 31.6 Å². The molecule has 2 heterocycles. The number of carbonyl (C=O) groups is 2. The van der Waals surface area contributed by atoms with Gasteiger partial charge in [-0.25, -0.2) is 13.8 Å². The average molecular weight is 424 g/mol. The fourth-order valence-electron chi connectivity index (χ4n) is 3.30. The Kier molecular flexibility index (Phi) is 6.19. The number of hydrogen-bond acceptors (Lipinski definition) is 5. The number of anilines is 1. The Labute approximate surface area is 175 Å². The van der Waals surface area contributed by atoms with Crippen molar-refractivity contribution in [2.24, 2.45) is 11.3 Å². The van der Waals surface area contributed by atoms with Crippen LogP contribution in [0.5, 0.6) is 5.88 Å². The molecule has 30 heavy (non-hydrogen) atoms. The van der Waals surface area contributed by atoms with Crippen LogP contribution in [0.4, 0.5) is 14.5 Å². The first-order chi connectivity index (χ1) is 14.0. The molecule has 1 saturated heterocycles. The van der Waals surface area contributed by atoms with Crippen LogP contribution in [0.15, 0.2) is 12.1 Å². The van der Waals surface area contributed by atoms with E-state index < -0.39 is 31.0 Å². The molecule has 1 aromatic heterocycles. The summed E-state index contributed by atoms with van der Waals surface area (Å²) >= 11 is 0. The predicted octanol–water partition coefficient (Wildman–Crippen LogP) is 2.61. The zero-order chi connectivity index (χ0) is 22.1. The van der Waals surface area contributed by atoms with E-state index in [2.05, 4.69) is 15.6 Å². The lowest BCUT2D eigenvalue weighted by Crippen LogP contribution is -2.56. The first kappa shape index (κ1) is 22.2. The van der Waals surface area contributed by atoms with Crippen molar-refractivity contribution in [1.82, 2.24) is 15.6 Å². The molecule has 3 rings (SSSR count). The molecule has 0 unspecified atom stereocenters. The van der Waals surface area contributed by atoms with Gasteiger partial charge in [-0.2, -0.15) is 0 Å². The minimum Gasteiger partial charge on any atom is -0.476 e. The summed E-state index contributed by atoms with van der Waals surface area (Å²) in [7, 11) is 1.52. The normalized spacial score (nSPS) is 18.9. The van der Waals surface area contributed by atoms with Crippen molar-refractivity contribution < 1.29 is 23.1 Å². The zero-order valence-corrected chi connectivity index (χ0v) is 17.9. The van der Waals surface area contributed by atoms with Crippen LogP contribution < -0.4 is 20.3 Å². The van der Waals surface area contributed by atoms with Crippen molar-refractivity contribution in [3.8, 4) is 5.88 Å². The van der Waals surface area contributed by atoms with E-state index in [1.54, 1.807) is 6.07 Å². The third-order valence-corrected chi connectivity index (χ3v) is 5.10. The minimum atomic E-state index is -2.72. The van der Waals surface area contributed by atoms with E-state index in [0.717, 1.165) is 12.8 Å². The highest BCUT2D eigenvalue weighted by Gasteiger charge is 2.45. The number of likely N-dealkylation sites (N-methyl/N-ethyl adjacent to an activating group) is 1. The molecule has 0 aromatic carbocycles. The lowest BCUT2D eigenvalue weighted by molar-refractivity contribution is -0.123. The molecule has 0 spiro atoms. The number of rotatable bonds is 8. The summed E-state index contributed by atoms with van der Waals surface area (Å²) in [6, 6.07) is 2.34. The van der Waals surface area contributed by atoms with E-state index in [0.29, 0.717) is 24.6 Å². The van der Waals surface area contributed by atoms with E-state index >= 15 is 0 Å². The minimum absolute atomic E-state index is 0.0830. The monoisotopic (exact) mass is 424 g/mol. The largest absolute Gasteiger partial charge is 0.476 e. The van der Waals surface area contributed by atoms with E-state index in [1.807, 2.05) is 20.8 Å². The second-order valence-corrected chi connectivity index (χ2v) is 9.39. The quantitative estimate of drug-likeness (QED) is 0.670. The van der Waals surface area contributed by atoms with Gasteiger partial charge in [0.2, 0.25) is 11.8 Å². The van der Waals surface area contributed by atoms with Gasteiger partial charge in [0.1, 0.15) is 17.4 Å². The van der Waals surface area contributed by atoms with Gasteiger partial charge in [-0.3, -0.25) is 9.59 Å². The molecule has 1 aromatic rings. The molecule has 166 valence electrons. The molecule has 2 amide bonds. The number of nitrogens with one attached hydrogen (secondary N) is 2. The highest BCUT2D eigenvalue weighted by Crippen LogP contribution is 2.38. The maximum atomic E-state index is 13.3. The third kappa shape index (κ3) is 5.79. The molecular formula is C21H30F2N4O3. The Bertz CT molecular complexity index is 798. The lowest BCUT2D eigenvalue weighted by atomic mass is 9.87. The van der Waals surface area contributed by atoms with Gasteiger partial charge in [0.05, 0.1) is 19.7 Å². The topological polar surface area (TPSA) is 83.6 Å². The van der Waals surface area contributed by atoms with Crippen LogP contribution >= 0.6 is 0 Å². The molecule has 0 bridgehead atoms. The molecule has 2 aliphatic rings. The van der Waals surface area contributed by atoms with Gasteiger partial charge in [-0.05, 0) is 42.7 Å². The maximum Gasteiger partial charge on any atom is 0.282 e. The van der Waals surface area contributed by atoms with Crippen LogP contribution in [-0.2, 0) is 4.79 Å². The number of alkyl halides is 2. The molecular weight excluding hydrogens is 394 g/mol. The maximum absolute atomic E-state index is 13.3. The Hall–Kier alpha value is -2.45. The molecule has 9 heteroatoms. The lowest BCUT2D eigenvalue weighted by Gasteiger charge is -2.40. The first-order valence-corrected chi connectivity index (χ1v) is 10.3. The fraction of sp³-hybridized carbons (Fsp3) is 0.667. The summed E-state index contributed by atoms with van der Waals surface area (Å²) in [6.07, 6.45) is 2.58. The van der Waals surface area contributed by atoms with Crippen molar-refractivity contribution in [3.63, 3.8) is 0 Å². The summed E-state index contributed by atoms with van der Waals surface area (Å²) < 4.78 is 32.4. The number of pyridine rings is 1. The van der Waals surface area contributed by atoms with Crippen molar-refractivity contribution in [3.05, 3.63) is 17.8 Å². The van der Waals surface area contributed by atoms with E-state index in [-0.39, 0.29) is 22.9 Å². The molecule has 1 saturated carbocycles. The highest BCUT2D eigenvalue weighted by atomic mass is 19.3. The fourth-order valence-corrected chi connectivity index (χ4v) is 3.30. The highest BCUT2D eigenvalue weighted by molar-refractivity contribution is 5.96. The number of carbonyl (C=O) groups excluding carboxylic acids is 2. The Balaban J connectivity index is 1.77. The van der Waals surface area contributed by atoms with E-state index in [9.17, 15) is 18.4 Å². The van der Waals surface area contributed by atoms with Crippen LogP contribution in [0.3, 0.4) is 0 Å². The van der Waals surface area contributed by atoms with Crippen LogP contribution in [0.2, 0.25) is 0 Å². The summed E-state index contributed by atoms with van der Waals surface area (Å²) in [5.41, 5.74) is 0.360. The van der Waals surface area contributed by atoms with E-state index in [1.165, 1.54) is 18.0 Å². The number of halogens is 2. The van der Waals surface area contributed by atoms with Crippen LogP contribution in [0.25, 0.3) is 0 Å². The van der Waals surface area contributed by atoms with Crippen LogP contribution in [-0.4, -0.2) is 55.5 Å². The van der Waals surface area contributed by atoms with Gasteiger partial charge < -0.3 is 20.3 Å². The second-order valence-electron chi connectivity index (χ2n) is 9.39. The van der Waals surface area contributed by atoms with Gasteiger partial charge in [0, 0.05) is 7.05 Å².